The third kappa shape index (κ3) is 2.14. The van der Waals surface area contributed by atoms with E-state index in [-0.39, 0.29) is 0 Å². The predicted octanol–water partition coefficient (Wildman–Crippen LogP) is 4.70. The summed E-state index contributed by atoms with van der Waals surface area (Å²) in [5, 5.41) is 0. The highest BCUT2D eigenvalue weighted by Gasteiger charge is 2.22. The fourth-order valence-electron chi connectivity index (χ4n) is 2.53. The summed E-state index contributed by atoms with van der Waals surface area (Å²) < 4.78 is 5.94. The summed E-state index contributed by atoms with van der Waals surface area (Å²) in [4.78, 5) is 4.64. The van der Waals surface area contributed by atoms with Crippen LogP contribution in [0.2, 0.25) is 0 Å². The van der Waals surface area contributed by atoms with Crippen LogP contribution in [0, 0.1) is 0 Å². The van der Waals surface area contributed by atoms with Gasteiger partial charge in [-0.2, -0.15) is 0 Å². The van der Waals surface area contributed by atoms with Gasteiger partial charge in [0, 0.05) is 22.4 Å². The van der Waals surface area contributed by atoms with Crippen LogP contribution in [0.1, 0.15) is 25.0 Å². The van der Waals surface area contributed by atoms with E-state index in [4.69, 9.17) is 4.74 Å². The van der Waals surface area contributed by atoms with Crippen molar-refractivity contribution >= 4 is 22.7 Å². The molecule has 1 aliphatic heterocycles. The number of fused-ring (bicyclic) bond motifs is 1. The number of rotatable bonds is 3. The highest BCUT2D eigenvalue weighted by Crippen LogP contribution is 2.39. The minimum absolute atomic E-state index is 0.642. The molecule has 2 aromatic carbocycles. The van der Waals surface area contributed by atoms with Crippen LogP contribution in [-0.2, 0) is 4.74 Å². The Bertz CT molecular complexity index is 684. The third-order valence-electron chi connectivity index (χ3n) is 3.38. The average Bonchev–Trinajstić information content (AvgIpc) is 2.82. The van der Waals surface area contributed by atoms with Gasteiger partial charge in [0.1, 0.15) is 5.76 Å². The molecule has 0 aliphatic carbocycles. The van der Waals surface area contributed by atoms with Crippen molar-refractivity contribution in [2.24, 2.45) is 4.99 Å². The fraction of sp³-hybridized carbons (Fsp3) is 0.167. The van der Waals surface area contributed by atoms with Crippen LogP contribution in [0.4, 0.5) is 5.69 Å². The van der Waals surface area contributed by atoms with Gasteiger partial charge in [-0.05, 0) is 19.9 Å². The molecule has 0 fully saturated rings. The summed E-state index contributed by atoms with van der Waals surface area (Å²) in [5.41, 5.74) is 5.38. The van der Waals surface area contributed by atoms with Gasteiger partial charge in [-0.15, -0.1) is 0 Å². The third-order valence-corrected chi connectivity index (χ3v) is 3.38. The lowest BCUT2D eigenvalue weighted by Crippen LogP contribution is -2.00. The Morgan fingerprint density at radius 2 is 1.70 bits per heavy atom. The van der Waals surface area contributed by atoms with Gasteiger partial charge in [-0.1, -0.05) is 48.5 Å². The Hall–Kier alpha value is -2.35. The van der Waals surface area contributed by atoms with Gasteiger partial charge in [0.25, 0.3) is 0 Å². The smallest absolute Gasteiger partial charge is 0.136 e. The van der Waals surface area contributed by atoms with Gasteiger partial charge in [-0.3, -0.25) is 4.99 Å². The van der Waals surface area contributed by atoms with Crippen LogP contribution >= 0.6 is 0 Å². The van der Waals surface area contributed by atoms with E-state index < -0.39 is 0 Å². The first-order valence-electron chi connectivity index (χ1n) is 6.89. The zero-order valence-corrected chi connectivity index (χ0v) is 11.8. The molecule has 0 spiro atoms. The molecule has 0 aromatic heterocycles. The quantitative estimate of drug-likeness (QED) is 0.736. The Morgan fingerprint density at radius 3 is 2.45 bits per heavy atom. The summed E-state index contributed by atoms with van der Waals surface area (Å²) in [6.45, 7) is 4.69. The van der Waals surface area contributed by atoms with E-state index in [1.54, 1.807) is 0 Å². The molecule has 1 heterocycles. The second-order valence-electron chi connectivity index (χ2n) is 4.72. The molecule has 0 radical (unpaired) electrons. The maximum absolute atomic E-state index is 5.94. The minimum Gasteiger partial charge on any atom is -0.493 e. The Labute approximate surface area is 119 Å². The van der Waals surface area contributed by atoms with Gasteiger partial charge in [0.15, 0.2) is 0 Å². The molecule has 2 heteroatoms. The largest absolute Gasteiger partial charge is 0.493 e. The molecular formula is C18H17NO. The second kappa shape index (κ2) is 5.33. The van der Waals surface area contributed by atoms with Crippen LogP contribution in [0.15, 0.2) is 59.6 Å². The topological polar surface area (TPSA) is 21.6 Å². The Kier molecular flexibility index (Phi) is 3.38. The Morgan fingerprint density at radius 1 is 1.00 bits per heavy atom. The molecule has 20 heavy (non-hydrogen) atoms. The Balaban J connectivity index is 2.22. The van der Waals surface area contributed by atoms with Crippen molar-refractivity contribution in [3.8, 4) is 0 Å². The minimum atomic E-state index is 0.642. The molecule has 0 unspecified atom stereocenters. The number of para-hydroxylation sites is 1. The normalized spacial score (nSPS) is 15.6. The van der Waals surface area contributed by atoms with Crippen molar-refractivity contribution < 1.29 is 4.74 Å². The molecule has 0 amide bonds. The van der Waals surface area contributed by atoms with Gasteiger partial charge in [0.2, 0.25) is 0 Å². The number of benzene rings is 2. The maximum atomic E-state index is 5.94. The lowest BCUT2D eigenvalue weighted by Gasteiger charge is -2.13. The van der Waals surface area contributed by atoms with Crippen molar-refractivity contribution in [1.29, 1.82) is 0 Å². The van der Waals surface area contributed by atoms with Crippen LogP contribution in [0.3, 0.4) is 0 Å². The van der Waals surface area contributed by atoms with Crippen molar-refractivity contribution in [3.63, 3.8) is 0 Å². The summed E-state index contributed by atoms with van der Waals surface area (Å²) in [5.74, 6) is 0.916. The first-order chi connectivity index (χ1) is 9.81. The van der Waals surface area contributed by atoms with E-state index >= 15 is 0 Å². The average molecular weight is 263 g/mol. The standard InChI is InChI=1S/C18H17NO/c1-3-20-18(14-9-5-4-6-10-14)17-13(2)19-16-12-8-7-11-15(16)17/h4-12H,3H2,1-2H3/b18-17-. The molecule has 0 bridgehead atoms. The molecular weight excluding hydrogens is 246 g/mol. The SMILES string of the molecule is CCO/C(=C1/C(C)=Nc2ccccc21)c1ccccc1. The van der Waals surface area contributed by atoms with Crippen molar-refractivity contribution in [2.75, 3.05) is 6.61 Å². The molecule has 100 valence electrons. The van der Waals surface area contributed by atoms with E-state index in [2.05, 4.69) is 23.2 Å². The fourth-order valence-corrected chi connectivity index (χ4v) is 2.53. The molecule has 2 aromatic rings. The summed E-state index contributed by atoms with van der Waals surface area (Å²) in [6, 6.07) is 18.4. The van der Waals surface area contributed by atoms with Crippen LogP contribution < -0.4 is 0 Å². The molecule has 3 rings (SSSR count). The number of allylic oxidation sites excluding steroid dienone is 1. The van der Waals surface area contributed by atoms with Crippen LogP contribution in [-0.4, -0.2) is 12.3 Å². The van der Waals surface area contributed by atoms with Crippen LogP contribution in [0.25, 0.3) is 11.3 Å². The van der Waals surface area contributed by atoms with Gasteiger partial charge in [0.05, 0.1) is 12.3 Å². The predicted molar refractivity (Wildman–Crippen MR) is 84.1 cm³/mol. The molecule has 2 nitrogen and oxygen atoms in total. The molecule has 0 saturated heterocycles. The van der Waals surface area contributed by atoms with E-state index in [1.807, 2.05) is 50.2 Å². The second-order valence-corrected chi connectivity index (χ2v) is 4.72. The number of hydrogen-bond donors (Lipinski definition) is 0. The number of hydrogen-bond acceptors (Lipinski definition) is 2. The summed E-state index contributed by atoms with van der Waals surface area (Å²) in [6.07, 6.45) is 0. The van der Waals surface area contributed by atoms with Gasteiger partial charge >= 0.3 is 0 Å². The highest BCUT2D eigenvalue weighted by molar-refractivity contribution is 6.33. The summed E-state index contributed by atoms with van der Waals surface area (Å²) in [7, 11) is 0. The maximum Gasteiger partial charge on any atom is 0.136 e. The molecule has 0 N–H and O–H groups in total. The van der Waals surface area contributed by atoms with E-state index in [1.165, 1.54) is 0 Å². The monoisotopic (exact) mass is 263 g/mol. The van der Waals surface area contributed by atoms with Crippen molar-refractivity contribution in [1.82, 2.24) is 0 Å². The highest BCUT2D eigenvalue weighted by atomic mass is 16.5. The first kappa shape index (κ1) is 12.7. The number of nitrogens with zero attached hydrogens (tertiary/aromatic N) is 1. The van der Waals surface area contributed by atoms with E-state index in [0.717, 1.165) is 33.9 Å². The van der Waals surface area contributed by atoms with Gasteiger partial charge < -0.3 is 4.74 Å². The van der Waals surface area contributed by atoms with Crippen molar-refractivity contribution in [2.45, 2.75) is 13.8 Å². The molecule has 0 saturated carbocycles. The number of ether oxygens (including phenoxy) is 1. The van der Waals surface area contributed by atoms with Gasteiger partial charge in [-0.25, -0.2) is 0 Å². The molecule has 0 atom stereocenters. The van der Waals surface area contributed by atoms with Crippen LogP contribution in [0.5, 0.6) is 0 Å². The van der Waals surface area contributed by atoms with E-state index in [9.17, 15) is 0 Å². The van der Waals surface area contributed by atoms with E-state index in [0.29, 0.717) is 6.61 Å². The van der Waals surface area contributed by atoms with Crippen molar-refractivity contribution in [3.05, 3.63) is 65.7 Å². The lowest BCUT2D eigenvalue weighted by molar-refractivity contribution is 0.299. The summed E-state index contributed by atoms with van der Waals surface area (Å²) >= 11 is 0. The zero-order chi connectivity index (χ0) is 13.9. The first-order valence-corrected chi connectivity index (χ1v) is 6.89. The lowest BCUT2D eigenvalue weighted by atomic mass is 9.99. The zero-order valence-electron chi connectivity index (χ0n) is 11.8. The molecule has 1 aliphatic rings. The number of aliphatic imine (C=N–C) groups is 1.